The molecule has 0 rings (SSSR count). The number of nitrogens with two attached hydrogens (primary N) is 1. The lowest BCUT2D eigenvalue weighted by atomic mass is 10.6. The number of carbonyl (C=O) groups is 1. The maximum atomic E-state index is 9.72. The minimum Gasteiger partial charge on any atom is -0.330 e. The van der Waals surface area contributed by atoms with Crippen LogP contribution in [0.1, 0.15) is 6.42 Å². The first-order valence-electron chi connectivity index (χ1n) is 2.63. The summed E-state index contributed by atoms with van der Waals surface area (Å²) in [6, 6.07) is 0. The smallest absolute Gasteiger partial charge is 0.120 e. The number of aldehydes is 1. The molecule has 2 N–H and O–H groups in total. The van der Waals surface area contributed by atoms with Crippen molar-refractivity contribution in [2.24, 2.45) is 5.73 Å². The number of thioether (sulfide) groups is 1. The molecular formula is C5H11NOS. The SMILES string of the molecule is NCCSCCC=O. The van der Waals surface area contributed by atoms with E-state index in [2.05, 4.69) is 0 Å². The Morgan fingerprint density at radius 1 is 1.50 bits per heavy atom. The van der Waals surface area contributed by atoms with Crippen molar-refractivity contribution >= 4 is 18.0 Å². The molecule has 3 heteroatoms. The number of rotatable bonds is 5. The molecule has 0 radical (unpaired) electrons. The van der Waals surface area contributed by atoms with E-state index in [1.54, 1.807) is 11.8 Å². The summed E-state index contributed by atoms with van der Waals surface area (Å²) in [4.78, 5) is 9.72. The van der Waals surface area contributed by atoms with Gasteiger partial charge in [0.05, 0.1) is 0 Å². The van der Waals surface area contributed by atoms with Crippen molar-refractivity contribution in [3.05, 3.63) is 0 Å². The first-order chi connectivity index (χ1) is 3.91. The molecule has 0 aromatic carbocycles. The van der Waals surface area contributed by atoms with Crippen LogP contribution in [0.15, 0.2) is 0 Å². The van der Waals surface area contributed by atoms with Gasteiger partial charge in [0, 0.05) is 18.7 Å². The molecule has 0 fully saturated rings. The van der Waals surface area contributed by atoms with Crippen LogP contribution in [-0.2, 0) is 4.79 Å². The molecule has 0 saturated carbocycles. The summed E-state index contributed by atoms with van der Waals surface area (Å²) in [5.41, 5.74) is 5.20. The van der Waals surface area contributed by atoms with Crippen LogP contribution in [-0.4, -0.2) is 24.3 Å². The third kappa shape index (κ3) is 5.98. The molecule has 0 spiro atoms. The van der Waals surface area contributed by atoms with Crippen LogP contribution in [0.2, 0.25) is 0 Å². The maximum absolute atomic E-state index is 9.72. The van der Waals surface area contributed by atoms with Crippen LogP contribution in [0.5, 0.6) is 0 Å². The lowest BCUT2D eigenvalue weighted by Crippen LogP contribution is -2.01. The summed E-state index contributed by atoms with van der Waals surface area (Å²) in [5, 5.41) is 0. The summed E-state index contributed by atoms with van der Waals surface area (Å²) in [5.74, 6) is 1.88. The fourth-order valence-electron chi connectivity index (χ4n) is 0.317. The van der Waals surface area contributed by atoms with E-state index in [4.69, 9.17) is 5.73 Å². The van der Waals surface area contributed by atoms with Crippen LogP contribution in [0.4, 0.5) is 0 Å². The molecule has 0 unspecified atom stereocenters. The Balaban J connectivity index is 2.62. The zero-order valence-electron chi connectivity index (χ0n) is 4.80. The Bertz CT molecular complexity index is 58.4. The molecule has 0 heterocycles. The third-order valence-electron chi connectivity index (χ3n) is 0.642. The van der Waals surface area contributed by atoms with E-state index < -0.39 is 0 Å². The van der Waals surface area contributed by atoms with E-state index in [1.807, 2.05) is 0 Å². The first-order valence-corrected chi connectivity index (χ1v) is 3.78. The van der Waals surface area contributed by atoms with Crippen molar-refractivity contribution < 1.29 is 4.79 Å². The molecule has 0 saturated heterocycles. The lowest BCUT2D eigenvalue weighted by molar-refractivity contribution is -0.107. The highest BCUT2D eigenvalue weighted by molar-refractivity contribution is 7.99. The highest BCUT2D eigenvalue weighted by Crippen LogP contribution is 1.97. The zero-order valence-corrected chi connectivity index (χ0v) is 5.62. The van der Waals surface area contributed by atoms with Crippen LogP contribution in [0.3, 0.4) is 0 Å². The maximum Gasteiger partial charge on any atom is 0.120 e. The second-order valence-electron chi connectivity index (χ2n) is 1.36. The predicted octanol–water partition coefficient (Wildman–Crippen LogP) is 0.267. The normalized spacial score (nSPS) is 9.12. The topological polar surface area (TPSA) is 43.1 Å². The van der Waals surface area contributed by atoms with Gasteiger partial charge in [0.1, 0.15) is 6.29 Å². The molecule has 48 valence electrons. The van der Waals surface area contributed by atoms with Gasteiger partial charge in [-0.05, 0) is 5.75 Å². The third-order valence-corrected chi connectivity index (χ3v) is 1.69. The molecule has 0 atom stereocenters. The van der Waals surface area contributed by atoms with E-state index in [1.165, 1.54) is 0 Å². The summed E-state index contributed by atoms with van der Waals surface area (Å²) in [6.07, 6.45) is 1.59. The molecular weight excluding hydrogens is 122 g/mol. The van der Waals surface area contributed by atoms with Crippen molar-refractivity contribution in [2.45, 2.75) is 6.42 Å². The first kappa shape index (κ1) is 7.98. The van der Waals surface area contributed by atoms with Gasteiger partial charge in [-0.15, -0.1) is 0 Å². The largest absolute Gasteiger partial charge is 0.330 e. The van der Waals surface area contributed by atoms with E-state index in [0.717, 1.165) is 17.8 Å². The van der Waals surface area contributed by atoms with Gasteiger partial charge >= 0.3 is 0 Å². The molecule has 8 heavy (non-hydrogen) atoms. The molecule has 0 aliphatic heterocycles. The highest BCUT2D eigenvalue weighted by Gasteiger charge is 1.83. The Hall–Kier alpha value is -0.0200. The number of hydrogen-bond acceptors (Lipinski definition) is 3. The van der Waals surface area contributed by atoms with Crippen LogP contribution >= 0.6 is 11.8 Å². The summed E-state index contributed by atoms with van der Waals surface area (Å²) in [7, 11) is 0. The molecule has 0 aromatic rings. The summed E-state index contributed by atoms with van der Waals surface area (Å²) in [6.45, 7) is 0.712. The van der Waals surface area contributed by atoms with Crippen molar-refractivity contribution in [1.82, 2.24) is 0 Å². The van der Waals surface area contributed by atoms with Gasteiger partial charge in [0.15, 0.2) is 0 Å². The predicted molar refractivity (Wildman–Crippen MR) is 37.1 cm³/mol. The van der Waals surface area contributed by atoms with Gasteiger partial charge in [0.25, 0.3) is 0 Å². The lowest BCUT2D eigenvalue weighted by Gasteiger charge is -1.91. The average molecular weight is 133 g/mol. The fourth-order valence-corrected chi connectivity index (χ4v) is 0.951. The molecule has 0 aliphatic carbocycles. The summed E-state index contributed by atoms with van der Waals surface area (Å²) < 4.78 is 0. The van der Waals surface area contributed by atoms with Gasteiger partial charge in [0.2, 0.25) is 0 Å². The Morgan fingerprint density at radius 2 is 2.25 bits per heavy atom. The molecule has 0 bridgehead atoms. The van der Waals surface area contributed by atoms with Gasteiger partial charge in [-0.25, -0.2) is 0 Å². The highest BCUT2D eigenvalue weighted by atomic mass is 32.2. The molecule has 0 amide bonds. The fraction of sp³-hybridized carbons (Fsp3) is 0.800. The Kier molecular flexibility index (Phi) is 6.96. The zero-order chi connectivity index (χ0) is 6.24. The Labute approximate surface area is 53.8 Å². The van der Waals surface area contributed by atoms with Gasteiger partial charge in [-0.1, -0.05) is 0 Å². The van der Waals surface area contributed by atoms with Gasteiger partial charge in [-0.3, -0.25) is 0 Å². The monoisotopic (exact) mass is 133 g/mol. The molecule has 0 aromatic heterocycles. The number of hydrogen-bond donors (Lipinski definition) is 1. The Morgan fingerprint density at radius 3 is 2.75 bits per heavy atom. The minimum atomic E-state index is 0.657. The average Bonchev–Trinajstić information content (AvgIpc) is 1.81. The number of carbonyl (C=O) groups excluding carboxylic acids is 1. The van der Waals surface area contributed by atoms with Crippen molar-refractivity contribution in [1.29, 1.82) is 0 Å². The van der Waals surface area contributed by atoms with Crippen LogP contribution < -0.4 is 5.73 Å². The van der Waals surface area contributed by atoms with Crippen LogP contribution in [0, 0.1) is 0 Å². The van der Waals surface area contributed by atoms with Crippen molar-refractivity contribution in [3.8, 4) is 0 Å². The minimum absolute atomic E-state index is 0.657. The summed E-state index contributed by atoms with van der Waals surface area (Å²) >= 11 is 1.72. The molecule has 0 aliphatic rings. The van der Waals surface area contributed by atoms with E-state index in [9.17, 15) is 4.79 Å². The van der Waals surface area contributed by atoms with E-state index in [-0.39, 0.29) is 0 Å². The second-order valence-corrected chi connectivity index (χ2v) is 2.58. The van der Waals surface area contributed by atoms with Crippen LogP contribution in [0.25, 0.3) is 0 Å². The standard InChI is InChI=1S/C5H11NOS/c6-2-5-8-4-1-3-7/h3H,1-2,4-6H2. The quantitative estimate of drug-likeness (QED) is 0.432. The van der Waals surface area contributed by atoms with Crippen molar-refractivity contribution in [3.63, 3.8) is 0 Å². The van der Waals surface area contributed by atoms with E-state index in [0.29, 0.717) is 13.0 Å². The van der Waals surface area contributed by atoms with E-state index >= 15 is 0 Å². The van der Waals surface area contributed by atoms with Crippen molar-refractivity contribution in [2.75, 3.05) is 18.1 Å². The van der Waals surface area contributed by atoms with Gasteiger partial charge < -0.3 is 10.5 Å². The second kappa shape index (κ2) is 6.98. The van der Waals surface area contributed by atoms with Gasteiger partial charge in [-0.2, -0.15) is 11.8 Å². The molecule has 2 nitrogen and oxygen atoms in total.